The van der Waals surface area contributed by atoms with E-state index in [9.17, 15) is 4.79 Å². The maximum Gasteiger partial charge on any atom is 0.222 e. The summed E-state index contributed by atoms with van der Waals surface area (Å²) in [5.74, 6) is 0.0434. The molecule has 94 valence electrons. The molecule has 1 aromatic carbocycles. The third-order valence-corrected chi connectivity index (χ3v) is 2.79. The van der Waals surface area contributed by atoms with E-state index in [2.05, 4.69) is 10.4 Å². The van der Waals surface area contributed by atoms with Gasteiger partial charge in [0.05, 0.1) is 6.04 Å². The smallest absolute Gasteiger partial charge is 0.222 e. The standard InChI is InChI=1S/C14H17N3O/c1-12(17-9-5-8-16-17)10-14(18)15-11-13-6-3-2-4-7-13/h2-9,12H,10-11H2,1H3,(H,15,18). The van der Waals surface area contributed by atoms with Crippen LogP contribution >= 0.6 is 0 Å². The van der Waals surface area contributed by atoms with Crippen LogP contribution in [0.15, 0.2) is 48.8 Å². The average Bonchev–Trinajstić information content (AvgIpc) is 2.91. The first-order valence-electron chi connectivity index (χ1n) is 6.05. The summed E-state index contributed by atoms with van der Waals surface area (Å²) in [6.45, 7) is 2.56. The van der Waals surface area contributed by atoms with Crippen LogP contribution in [-0.2, 0) is 11.3 Å². The largest absolute Gasteiger partial charge is 0.352 e. The molecule has 0 aliphatic carbocycles. The Hall–Kier alpha value is -2.10. The van der Waals surface area contributed by atoms with Crippen molar-refractivity contribution in [2.75, 3.05) is 0 Å². The summed E-state index contributed by atoms with van der Waals surface area (Å²) in [6, 6.07) is 11.8. The number of benzene rings is 1. The lowest BCUT2D eigenvalue weighted by atomic mass is 10.2. The molecular weight excluding hydrogens is 226 g/mol. The third kappa shape index (κ3) is 3.45. The summed E-state index contributed by atoms with van der Waals surface area (Å²) in [7, 11) is 0. The fourth-order valence-corrected chi connectivity index (χ4v) is 1.77. The van der Waals surface area contributed by atoms with E-state index in [1.807, 2.05) is 49.5 Å². The highest BCUT2D eigenvalue weighted by Crippen LogP contribution is 2.08. The van der Waals surface area contributed by atoms with E-state index in [0.717, 1.165) is 5.56 Å². The Kier molecular flexibility index (Phi) is 4.12. The SMILES string of the molecule is CC(CC(=O)NCc1ccccc1)n1cccn1. The number of aromatic nitrogens is 2. The maximum absolute atomic E-state index is 11.8. The van der Waals surface area contributed by atoms with Crippen molar-refractivity contribution in [3.63, 3.8) is 0 Å². The lowest BCUT2D eigenvalue weighted by Gasteiger charge is -2.12. The van der Waals surface area contributed by atoms with Gasteiger partial charge in [0.25, 0.3) is 0 Å². The van der Waals surface area contributed by atoms with Crippen LogP contribution in [0.25, 0.3) is 0 Å². The molecule has 1 N–H and O–H groups in total. The van der Waals surface area contributed by atoms with Gasteiger partial charge in [-0.2, -0.15) is 5.10 Å². The number of rotatable bonds is 5. The van der Waals surface area contributed by atoms with Crippen molar-refractivity contribution in [2.45, 2.75) is 25.9 Å². The zero-order valence-corrected chi connectivity index (χ0v) is 10.4. The fraction of sp³-hybridized carbons (Fsp3) is 0.286. The van der Waals surface area contributed by atoms with Gasteiger partial charge in [0.15, 0.2) is 0 Å². The second-order valence-electron chi connectivity index (χ2n) is 4.30. The van der Waals surface area contributed by atoms with Gasteiger partial charge in [-0.1, -0.05) is 30.3 Å². The van der Waals surface area contributed by atoms with Crippen LogP contribution in [0, 0.1) is 0 Å². The molecule has 0 saturated carbocycles. The molecule has 1 aromatic heterocycles. The van der Waals surface area contributed by atoms with E-state index in [-0.39, 0.29) is 11.9 Å². The minimum atomic E-state index is 0.0434. The molecule has 0 radical (unpaired) electrons. The Morgan fingerprint density at radius 1 is 1.33 bits per heavy atom. The molecule has 1 atom stereocenters. The van der Waals surface area contributed by atoms with Gasteiger partial charge in [-0.05, 0) is 18.6 Å². The molecule has 4 nitrogen and oxygen atoms in total. The number of nitrogens with one attached hydrogen (secondary N) is 1. The zero-order valence-electron chi connectivity index (χ0n) is 10.4. The minimum absolute atomic E-state index is 0.0434. The van der Waals surface area contributed by atoms with Gasteiger partial charge < -0.3 is 5.32 Å². The lowest BCUT2D eigenvalue weighted by Crippen LogP contribution is -2.25. The number of hydrogen-bond acceptors (Lipinski definition) is 2. The topological polar surface area (TPSA) is 46.9 Å². The van der Waals surface area contributed by atoms with Crippen molar-refractivity contribution in [3.8, 4) is 0 Å². The Labute approximate surface area is 107 Å². The first-order valence-corrected chi connectivity index (χ1v) is 6.05. The zero-order chi connectivity index (χ0) is 12.8. The monoisotopic (exact) mass is 243 g/mol. The summed E-state index contributed by atoms with van der Waals surface area (Å²) in [5.41, 5.74) is 1.11. The van der Waals surface area contributed by atoms with E-state index < -0.39 is 0 Å². The molecule has 1 amide bonds. The molecule has 0 bridgehead atoms. The van der Waals surface area contributed by atoms with Crippen LogP contribution in [0.1, 0.15) is 24.9 Å². The highest BCUT2D eigenvalue weighted by Gasteiger charge is 2.10. The second kappa shape index (κ2) is 6.00. The molecule has 4 heteroatoms. The van der Waals surface area contributed by atoms with Gasteiger partial charge in [-0.3, -0.25) is 9.48 Å². The molecule has 0 aliphatic rings. The fourth-order valence-electron chi connectivity index (χ4n) is 1.77. The van der Waals surface area contributed by atoms with Crippen LogP contribution in [0.5, 0.6) is 0 Å². The Balaban J connectivity index is 1.79. The number of nitrogens with zero attached hydrogens (tertiary/aromatic N) is 2. The molecule has 1 heterocycles. The van der Waals surface area contributed by atoms with E-state index in [1.165, 1.54) is 0 Å². The first-order chi connectivity index (χ1) is 8.75. The van der Waals surface area contributed by atoms with Crippen molar-refractivity contribution in [1.29, 1.82) is 0 Å². The molecule has 2 rings (SSSR count). The highest BCUT2D eigenvalue weighted by atomic mass is 16.1. The van der Waals surface area contributed by atoms with Gasteiger partial charge in [0, 0.05) is 25.4 Å². The van der Waals surface area contributed by atoms with E-state index in [4.69, 9.17) is 0 Å². The van der Waals surface area contributed by atoms with E-state index in [0.29, 0.717) is 13.0 Å². The minimum Gasteiger partial charge on any atom is -0.352 e. The summed E-state index contributed by atoms with van der Waals surface area (Å²) in [6.07, 6.45) is 4.03. The average molecular weight is 243 g/mol. The van der Waals surface area contributed by atoms with Crippen molar-refractivity contribution in [1.82, 2.24) is 15.1 Å². The Bertz CT molecular complexity index is 479. The molecule has 0 saturated heterocycles. The van der Waals surface area contributed by atoms with Crippen LogP contribution in [0.4, 0.5) is 0 Å². The molecular formula is C14H17N3O. The molecule has 2 aromatic rings. The molecule has 18 heavy (non-hydrogen) atoms. The summed E-state index contributed by atoms with van der Waals surface area (Å²) in [5, 5.41) is 7.04. The summed E-state index contributed by atoms with van der Waals surface area (Å²) < 4.78 is 1.79. The van der Waals surface area contributed by atoms with E-state index in [1.54, 1.807) is 10.9 Å². The number of amides is 1. The van der Waals surface area contributed by atoms with E-state index >= 15 is 0 Å². The Morgan fingerprint density at radius 2 is 2.11 bits per heavy atom. The van der Waals surface area contributed by atoms with Crippen LogP contribution < -0.4 is 5.32 Å². The number of carbonyl (C=O) groups excluding carboxylic acids is 1. The Morgan fingerprint density at radius 3 is 2.78 bits per heavy atom. The number of hydrogen-bond donors (Lipinski definition) is 1. The predicted molar refractivity (Wildman–Crippen MR) is 69.8 cm³/mol. The summed E-state index contributed by atoms with van der Waals surface area (Å²) >= 11 is 0. The molecule has 0 spiro atoms. The van der Waals surface area contributed by atoms with Gasteiger partial charge in [-0.15, -0.1) is 0 Å². The second-order valence-corrected chi connectivity index (χ2v) is 4.30. The van der Waals surface area contributed by atoms with Crippen molar-refractivity contribution >= 4 is 5.91 Å². The van der Waals surface area contributed by atoms with Crippen LogP contribution in [0.3, 0.4) is 0 Å². The van der Waals surface area contributed by atoms with Crippen molar-refractivity contribution in [3.05, 3.63) is 54.4 Å². The van der Waals surface area contributed by atoms with Gasteiger partial charge in [0.1, 0.15) is 0 Å². The number of carbonyl (C=O) groups is 1. The maximum atomic E-state index is 11.8. The quantitative estimate of drug-likeness (QED) is 0.874. The highest BCUT2D eigenvalue weighted by molar-refractivity contribution is 5.76. The van der Waals surface area contributed by atoms with Crippen LogP contribution in [-0.4, -0.2) is 15.7 Å². The molecule has 1 unspecified atom stereocenters. The van der Waals surface area contributed by atoms with Crippen molar-refractivity contribution < 1.29 is 4.79 Å². The van der Waals surface area contributed by atoms with Gasteiger partial charge in [0.2, 0.25) is 5.91 Å². The predicted octanol–water partition coefficient (Wildman–Crippen LogP) is 2.15. The molecule has 0 fully saturated rings. The van der Waals surface area contributed by atoms with Crippen LogP contribution in [0.2, 0.25) is 0 Å². The first kappa shape index (κ1) is 12.4. The molecule has 0 aliphatic heterocycles. The third-order valence-electron chi connectivity index (χ3n) is 2.79. The van der Waals surface area contributed by atoms with Gasteiger partial charge >= 0.3 is 0 Å². The van der Waals surface area contributed by atoms with Crippen molar-refractivity contribution in [2.24, 2.45) is 0 Å². The van der Waals surface area contributed by atoms with Gasteiger partial charge in [-0.25, -0.2) is 0 Å². The summed E-state index contributed by atoms with van der Waals surface area (Å²) in [4.78, 5) is 11.8. The normalized spacial score (nSPS) is 12.1. The lowest BCUT2D eigenvalue weighted by molar-refractivity contribution is -0.122.